The first-order valence-corrected chi connectivity index (χ1v) is 3.76. The monoisotopic (exact) mass is 155 g/mol. The van der Waals surface area contributed by atoms with Gasteiger partial charge in [-0.3, -0.25) is 0 Å². The van der Waals surface area contributed by atoms with Gasteiger partial charge in [-0.05, 0) is 19.1 Å². The molecule has 0 saturated heterocycles. The van der Waals surface area contributed by atoms with E-state index in [-0.39, 0.29) is 0 Å². The van der Waals surface area contributed by atoms with Crippen molar-refractivity contribution < 1.29 is 4.74 Å². The third-order valence-corrected chi connectivity index (χ3v) is 1.32. The van der Waals surface area contributed by atoms with Gasteiger partial charge in [-0.15, -0.1) is 0 Å². The van der Waals surface area contributed by atoms with Crippen LogP contribution in [0.2, 0.25) is 0 Å². The molecule has 64 valence electrons. The molecule has 0 rings (SSSR count). The summed E-state index contributed by atoms with van der Waals surface area (Å²) < 4.78 is 5.12. The second kappa shape index (κ2) is 4.83. The highest BCUT2D eigenvalue weighted by Gasteiger charge is 1.99. The SMILES string of the molecule is COC(=C/C=C(\C)N)C(C)C. The number of rotatable bonds is 3. The van der Waals surface area contributed by atoms with Crippen LogP contribution in [0.15, 0.2) is 23.6 Å². The van der Waals surface area contributed by atoms with Crippen molar-refractivity contribution in [2.75, 3.05) is 7.11 Å². The third-order valence-electron chi connectivity index (χ3n) is 1.32. The number of ether oxygens (including phenoxy) is 1. The first-order valence-electron chi connectivity index (χ1n) is 3.76. The van der Waals surface area contributed by atoms with Gasteiger partial charge in [-0.2, -0.15) is 0 Å². The normalized spacial score (nSPS) is 13.9. The maximum Gasteiger partial charge on any atom is 0.0981 e. The molecule has 0 radical (unpaired) electrons. The Hall–Kier alpha value is -0.920. The van der Waals surface area contributed by atoms with Crippen LogP contribution < -0.4 is 5.73 Å². The molecule has 0 heterocycles. The fraction of sp³-hybridized carbons (Fsp3) is 0.556. The lowest BCUT2D eigenvalue weighted by Crippen LogP contribution is -1.96. The van der Waals surface area contributed by atoms with E-state index in [0.29, 0.717) is 5.92 Å². The number of allylic oxidation sites excluding steroid dienone is 4. The summed E-state index contributed by atoms with van der Waals surface area (Å²) in [6.07, 6.45) is 3.75. The zero-order chi connectivity index (χ0) is 8.85. The molecule has 0 aromatic carbocycles. The summed E-state index contributed by atoms with van der Waals surface area (Å²) in [7, 11) is 1.67. The summed E-state index contributed by atoms with van der Waals surface area (Å²) in [5, 5.41) is 0. The standard InChI is InChI=1S/C9H17NO/c1-7(2)9(11-4)6-5-8(3)10/h5-7H,10H2,1-4H3/b8-5+,9-6?. The molecule has 0 aliphatic heterocycles. The predicted octanol–water partition coefficient (Wildman–Crippen LogP) is 2.04. The molecule has 2 heteroatoms. The molecule has 0 fully saturated rings. The smallest absolute Gasteiger partial charge is 0.0981 e. The predicted molar refractivity (Wildman–Crippen MR) is 47.9 cm³/mol. The van der Waals surface area contributed by atoms with Gasteiger partial charge < -0.3 is 10.5 Å². The van der Waals surface area contributed by atoms with Crippen molar-refractivity contribution >= 4 is 0 Å². The number of hydrogen-bond acceptors (Lipinski definition) is 2. The highest BCUT2D eigenvalue weighted by Crippen LogP contribution is 2.09. The minimum atomic E-state index is 0.413. The van der Waals surface area contributed by atoms with Gasteiger partial charge in [0.15, 0.2) is 0 Å². The van der Waals surface area contributed by atoms with Gasteiger partial charge in [0, 0.05) is 11.6 Å². The summed E-state index contributed by atoms with van der Waals surface area (Å²) in [6, 6.07) is 0. The fourth-order valence-corrected chi connectivity index (χ4v) is 0.710. The maximum atomic E-state index is 5.46. The summed E-state index contributed by atoms with van der Waals surface area (Å²) in [5.41, 5.74) is 6.25. The van der Waals surface area contributed by atoms with Gasteiger partial charge in [-0.1, -0.05) is 13.8 Å². The van der Waals surface area contributed by atoms with Crippen LogP contribution in [0, 0.1) is 5.92 Å². The Morgan fingerprint density at radius 1 is 1.36 bits per heavy atom. The zero-order valence-corrected chi connectivity index (χ0v) is 7.72. The van der Waals surface area contributed by atoms with Crippen LogP contribution in [-0.2, 0) is 4.74 Å². The second-order valence-electron chi connectivity index (χ2n) is 2.84. The minimum absolute atomic E-state index is 0.413. The lowest BCUT2D eigenvalue weighted by Gasteiger charge is -2.07. The van der Waals surface area contributed by atoms with Gasteiger partial charge in [0.25, 0.3) is 0 Å². The van der Waals surface area contributed by atoms with Crippen molar-refractivity contribution in [1.29, 1.82) is 0 Å². The van der Waals surface area contributed by atoms with Crippen molar-refractivity contribution in [3.8, 4) is 0 Å². The van der Waals surface area contributed by atoms with E-state index in [9.17, 15) is 0 Å². The lowest BCUT2D eigenvalue weighted by molar-refractivity contribution is 0.254. The van der Waals surface area contributed by atoms with E-state index >= 15 is 0 Å². The second-order valence-corrected chi connectivity index (χ2v) is 2.84. The van der Waals surface area contributed by atoms with E-state index in [2.05, 4.69) is 13.8 Å². The number of methoxy groups -OCH3 is 1. The Morgan fingerprint density at radius 2 is 1.91 bits per heavy atom. The summed E-state index contributed by atoms with van der Waals surface area (Å²) >= 11 is 0. The topological polar surface area (TPSA) is 35.2 Å². The van der Waals surface area contributed by atoms with E-state index in [1.807, 2.05) is 19.1 Å². The Kier molecular flexibility index (Phi) is 4.42. The lowest BCUT2D eigenvalue weighted by atomic mass is 10.1. The molecule has 0 aromatic heterocycles. The van der Waals surface area contributed by atoms with Crippen LogP contribution in [0.4, 0.5) is 0 Å². The highest BCUT2D eigenvalue weighted by atomic mass is 16.5. The van der Waals surface area contributed by atoms with Crippen molar-refractivity contribution in [3.05, 3.63) is 23.6 Å². The van der Waals surface area contributed by atoms with E-state index in [4.69, 9.17) is 10.5 Å². The average molecular weight is 155 g/mol. The molecule has 0 amide bonds. The first kappa shape index (κ1) is 10.1. The zero-order valence-electron chi connectivity index (χ0n) is 7.72. The number of nitrogens with two attached hydrogens (primary N) is 1. The molecule has 0 aliphatic carbocycles. The molecular formula is C9H17NO. The third kappa shape index (κ3) is 4.48. The molecule has 0 unspecified atom stereocenters. The van der Waals surface area contributed by atoms with Crippen LogP contribution in [-0.4, -0.2) is 7.11 Å². The van der Waals surface area contributed by atoms with E-state index < -0.39 is 0 Å². The molecule has 2 N–H and O–H groups in total. The van der Waals surface area contributed by atoms with Crippen LogP contribution >= 0.6 is 0 Å². The van der Waals surface area contributed by atoms with Gasteiger partial charge in [0.05, 0.1) is 12.9 Å². The summed E-state index contributed by atoms with van der Waals surface area (Å²) in [4.78, 5) is 0. The Labute approximate surface area is 68.7 Å². The molecule has 0 spiro atoms. The Morgan fingerprint density at radius 3 is 2.18 bits per heavy atom. The molecule has 0 bridgehead atoms. The quantitative estimate of drug-likeness (QED) is 0.500. The summed E-state index contributed by atoms with van der Waals surface area (Å²) in [6.45, 7) is 6.01. The average Bonchev–Trinajstić information content (AvgIpc) is 1.87. The Balaban J connectivity index is 4.24. The Bertz CT molecular complexity index is 164. The molecule has 0 atom stereocenters. The summed E-state index contributed by atoms with van der Waals surface area (Å²) in [5.74, 6) is 1.37. The van der Waals surface area contributed by atoms with Crippen molar-refractivity contribution in [1.82, 2.24) is 0 Å². The maximum absolute atomic E-state index is 5.46. The van der Waals surface area contributed by atoms with E-state index in [0.717, 1.165) is 11.5 Å². The van der Waals surface area contributed by atoms with Crippen LogP contribution in [0.25, 0.3) is 0 Å². The van der Waals surface area contributed by atoms with Gasteiger partial charge in [0.2, 0.25) is 0 Å². The molecule has 0 aliphatic rings. The van der Waals surface area contributed by atoms with Crippen LogP contribution in [0.1, 0.15) is 20.8 Å². The van der Waals surface area contributed by atoms with E-state index in [1.54, 1.807) is 7.11 Å². The van der Waals surface area contributed by atoms with Crippen LogP contribution in [0.5, 0.6) is 0 Å². The van der Waals surface area contributed by atoms with Crippen molar-refractivity contribution in [2.24, 2.45) is 11.7 Å². The van der Waals surface area contributed by atoms with Gasteiger partial charge in [0.1, 0.15) is 0 Å². The molecule has 11 heavy (non-hydrogen) atoms. The molecule has 0 saturated carbocycles. The highest BCUT2D eigenvalue weighted by molar-refractivity contribution is 5.12. The minimum Gasteiger partial charge on any atom is -0.501 e. The molecular weight excluding hydrogens is 138 g/mol. The molecule has 0 aromatic rings. The van der Waals surface area contributed by atoms with Gasteiger partial charge >= 0.3 is 0 Å². The largest absolute Gasteiger partial charge is 0.501 e. The first-order chi connectivity index (χ1) is 5.07. The van der Waals surface area contributed by atoms with Gasteiger partial charge in [-0.25, -0.2) is 0 Å². The van der Waals surface area contributed by atoms with Crippen molar-refractivity contribution in [2.45, 2.75) is 20.8 Å². The fourth-order valence-electron chi connectivity index (χ4n) is 0.710. The van der Waals surface area contributed by atoms with Crippen molar-refractivity contribution in [3.63, 3.8) is 0 Å². The van der Waals surface area contributed by atoms with Crippen LogP contribution in [0.3, 0.4) is 0 Å². The molecule has 2 nitrogen and oxygen atoms in total. The number of hydrogen-bond donors (Lipinski definition) is 1. The van der Waals surface area contributed by atoms with E-state index in [1.165, 1.54) is 0 Å².